The number of halogens is 4. The standard InChI is InChI=1S/C12H6ClF3NO2/c13-10-5-7(12(14,15)16)6-17-11(10)19-9-3-1-8(18)2-4-9/h1-6H. The van der Waals surface area contributed by atoms with Gasteiger partial charge in [-0.3, -0.25) is 5.11 Å². The number of alkyl halides is 3. The molecule has 0 aliphatic rings. The topological polar surface area (TPSA) is 42.0 Å². The first-order chi connectivity index (χ1) is 8.86. The second-order valence-corrected chi connectivity index (χ2v) is 3.99. The van der Waals surface area contributed by atoms with E-state index in [0.717, 1.165) is 6.07 Å². The van der Waals surface area contributed by atoms with E-state index < -0.39 is 11.7 Å². The Morgan fingerprint density at radius 2 is 1.79 bits per heavy atom. The lowest BCUT2D eigenvalue weighted by atomic mass is 10.3. The maximum Gasteiger partial charge on any atom is 0.417 e. The first-order valence-corrected chi connectivity index (χ1v) is 5.42. The summed E-state index contributed by atoms with van der Waals surface area (Å²) in [6.07, 6.45) is -3.89. The van der Waals surface area contributed by atoms with Crippen molar-refractivity contribution in [2.75, 3.05) is 0 Å². The Labute approximate surface area is 111 Å². The molecular weight excluding hydrogens is 283 g/mol. The van der Waals surface area contributed by atoms with Crippen LogP contribution < -0.4 is 4.74 Å². The van der Waals surface area contributed by atoms with Gasteiger partial charge in [-0.25, -0.2) is 4.98 Å². The summed E-state index contributed by atoms with van der Waals surface area (Å²) in [6.45, 7) is 0. The zero-order valence-corrected chi connectivity index (χ0v) is 10.00. The molecule has 0 saturated heterocycles. The van der Waals surface area contributed by atoms with Crippen LogP contribution in [0.25, 0.3) is 0 Å². The average Bonchev–Trinajstić information content (AvgIpc) is 2.33. The molecule has 0 atom stereocenters. The van der Waals surface area contributed by atoms with Crippen molar-refractivity contribution in [2.24, 2.45) is 0 Å². The number of ether oxygens (including phenoxy) is 1. The molecule has 2 aromatic rings. The van der Waals surface area contributed by atoms with E-state index in [1.54, 1.807) is 0 Å². The van der Waals surface area contributed by atoms with Crippen molar-refractivity contribution in [2.45, 2.75) is 6.18 Å². The summed E-state index contributed by atoms with van der Waals surface area (Å²) in [4.78, 5) is 3.51. The SMILES string of the molecule is [O]c1ccc(Oc2ncc(C(F)(F)F)cc2Cl)cc1. The lowest BCUT2D eigenvalue weighted by Gasteiger charge is -2.09. The fourth-order valence-corrected chi connectivity index (χ4v) is 1.48. The predicted molar refractivity (Wildman–Crippen MR) is 60.9 cm³/mol. The molecule has 0 bridgehead atoms. The number of aromatic nitrogens is 1. The molecule has 0 unspecified atom stereocenters. The normalized spacial score (nSPS) is 11.4. The minimum atomic E-state index is -4.51. The largest absolute Gasteiger partial charge is 0.438 e. The van der Waals surface area contributed by atoms with E-state index >= 15 is 0 Å². The number of hydrogen-bond donors (Lipinski definition) is 0. The van der Waals surface area contributed by atoms with Gasteiger partial charge in [0.25, 0.3) is 0 Å². The van der Waals surface area contributed by atoms with Gasteiger partial charge in [-0.2, -0.15) is 13.2 Å². The van der Waals surface area contributed by atoms with E-state index in [2.05, 4.69) is 4.98 Å². The Bertz CT molecular complexity index is 585. The molecule has 99 valence electrons. The highest BCUT2D eigenvalue weighted by Gasteiger charge is 2.31. The minimum absolute atomic E-state index is 0.159. The lowest BCUT2D eigenvalue weighted by Crippen LogP contribution is -2.05. The number of hydrogen-bond acceptors (Lipinski definition) is 2. The first-order valence-electron chi connectivity index (χ1n) is 5.04. The van der Waals surface area contributed by atoms with Gasteiger partial charge in [0.15, 0.2) is 5.75 Å². The van der Waals surface area contributed by atoms with Gasteiger partial charge >= 0.3 is 6.18 Å². The molecule has 2 rings (SSSR count). The highest BCUT2D eigenvalue weighted by molar-refractivity contribution is 6.31. The predicted octanol–water partition coefficient (Wildman–Crippen LogP) is 4.69. The van der Waals surface area contributed by atoms with Gasteiger partial charge in [0.1, 0.15) is 10.8 Å². The molecule has 0 aliphatic carbocycles. The Morgan fingerprint density at radius 1 is 1.16 bits per heavy atom. The number of benzene rings is 1. The smallest absolute Gasteiger partial charge is 0.417 e. The van der Waals surface area contributed by atoms with Crippen LogP contribution in [0.1, 0.15) is 5.56 Å². The van der Waals surface area contributed by atoms with E-state index in [9.17, 15) is 18.3 Å². The molecule has 3 nitrogen and oxygen atoms in total. The van der Waals surface area contributed by atoms with Crippen LogP contribution in [0.5, 0.6) is 17.4 Å². The molecule has 1 aromatic heterocycles. The van der Waals surface area contributed by atoms with Gasteiger partial charge < -0.3 is 4.74 Å². The molecule has 1 aromatic carbocycles. The van der Waals surface area contributed by atoms with E-state index in [1.165, 1.54) is 24.3 Å². The maximum absolute atomic E-state index is 12.4. The lowest BCUT2D eigenvalue weighted by molar-refractivity contribution is -0.137. The Balaban J connectivity index is 2.24. The van der Waals surface area contributed by atoms with Crippen molar-refractivity contribution in [1.82, 2.24) is 4.98 Å². The summed E-state index contributed by atoms with van der Waals surface area (Å²) in [7, 11) is 0. The minimum Gasteiger partial charge on any atom is -0.438 e. The third-order valence-corrected chi connectivity index (χ3v) is 2.44. The molecule has 1 heterocycles. The molecule has 0 fully saturated rings. The zero-order valence-electron chi connectivity index (χ0n) is 9.24. The van der Waals surface area contributed by atoms with E-state index in [0.29, 0.717) is 6.20 Å². The monoisotopic (exact) mass is 288 g/mol. The van der Waals surface area contributed by atoms with Gasteiger partial charge in [0, 0.05) is 6.20 Å². The molecule has 0 saturated carbocycles. The summed E-state index contributed by atoms with van der Waals surface area (Å²) in [5, 5.41) is 10.6. The van der Waals surface area contributed by atoms with Gasteiger partial charge in [-0.15, -0.1) is 0 Å². The van der Waals surface area contributed by atoms with Crippen molar-refractivity contribution < 1.29 is 23.0 Å². The average molecular weight is 289 g/mol. The summed E-state index contributed by atoms with van der Waals surface area (Å²) in [6, 6.07) is 5.99. The van der Waals surface area contributed by atoms with Crippen LogP contribution in [0.2, 0.25) is 5.02 Å². The fourth-order valence-electron chi connectivity index (χ4n) is 1.27. The van der Waals surface area contributed by atoms with Crippen LogP contribution in [-0.2, 0) is 11.3 Å². The van der Waals surface area contributed by atoms with Gasteiger partial charge in [-0.1, -0.05) is 11.6 Å². The van der Waals surface area contributed by atoms with Crippen LogP contribution in [0.15, 0.2) is 36.5 Å². The summed E-state index contributed by atoms with van der Waals surface area (Å²) in [5.41, 5.74) is -0.959. The van der Waals surface area contributed by atoms with Crippen molar-refractivity contribution >= 4 is 11.6 Å². The number of nitrogens with zero attached hydrogens (tertiary/aromatic N) is 1. The quantitative estimate of drug-likeness (QED) is 0.804. The molecule has 1 radical (unpaired) electrons. The van der Waals surface area contributed by atoms with Gasteiger partial charge in [0.2, 0.25) is 5.88 Å². The third kappa shape index (κ3) is 3.29. The maximum atomic E-state index is 12.4. The second kappa shape index (κ2) is 4.97. The Kier molecular flexibility index (Phi) is 3.53. The van der Waals surface area contributed by atoms with Crippen molar-refractivity contribution in [3.05, 3.63) is 47.1 Å². The molecular formula is C12H6ClF3NO2. The molecule has 0 spiro atoms. The summed E-state index contributed by atoms with van der Waals surface area (Å²) < 4.78 is 42.4. The molecule has 0 N–H and O–H groups in total. The highest BCUT2D eigenvalue weighted by Crippen LogP contribution is 2.34. The number of pyridine rings is 1. The molecule has 0 amide bonds. The molecule has 0 aliphatic heterocycles. The van der Waals surface area contributed by atoms with Crippen LogP contribution in [0.3, 0.4) is 0 Å². The zero-order chi connectivity index (χ0) is 14.0. The summed E-state index contributed by atoms with van der Waals surface area (Å²) in [5.74, 6) is -0.110. The van der Waals surface area contributed by atoms with E-state index in [1.807, 2.05) is 0 Å². The van der Waals surface area contributed by atoms with Crippen molar-refractivity contribution in [3.63, 3.8) is 0 Å². The molecule has 19 heavy (non-hydrogen) atoms. The van der Waals surface area contributed by atoms with Crippen molar-refractivity contribution in [1.29, 1.82) is 0 Å². The number of rotatable bonds is 2. The Hall–Kier alpha value is -1.95. The van der Waals surface area contributed by atoms with E-state index in [4.69, 9.17) is 16.3 Å². The fraction of sp³-hybridized carbons (Fsp3) is 0.0833. The summed E-state index contributed by atoms with van der Waals surface area (Å²) >= 11 is 5.67. The third-order valence-electron chi connectivity index (χ3n) is 2.17. The van der Waals surface area contributed by atoms with Crippen LogP contribution >= 0.6 is 11.6 Å². The van der Waals surface area contributed by atoms with E-state index in [-0.39, 0.29) is 22.4 Å². The Morgan fingerprint density at radius 3 is 2.32 bits per heavy atom. The van der Waals surface area contributed by atoms with Gasteiger partial charge in [-0.05, 0) is 30.3 Å². The first kappa shape index (κ1) is 13.5. The highest BCUT2D eigenvalue weighted by atomic mass is 35.5. The second-order valence-electron chi connectivity index (χ2n) is 3.58. The van der Waals surface area contributed by atoms with Crippen LogP contribution in [0.4, 0.5) is 13.2 Å². The van der Waals surface area contributed by atoms with Gasteiger partial charge in [0.05, 0.1) is 5.56 Å². The van der Waals surface area contributed by atoms with Crippen LogP contribution in [0, 0.1) is 0 Å². The van der Waals surface area contributed by atoms with Crippen molar-refractivity contribution in [3.8, 4) is 17.4 Å². The van der Waals surface area contributed by atoms with Crippen LogP contribution in [-0.4, -0.2) is 4.98 Å². The molecule has 7 heteroatoms.